The van der Waals surface area contributed by atoms with Crippen LogP contribution in [-0.4, -0.2) is 17.4 Å². The number of nitrogens with zero attached hydrogens (tertiary/aromatic N) is 1. The molecule has 0 aliphatic carbocycles. The maximum atomic E-state index is 11.7. The number of amides is 1. The van der Waals surface area contributed by atoms with Crippen LogP contribution in [0.25, 0.3) is 0 Å². The van der Waals surface area contributed by atoms with Crippen LogP contribution in [0.5, 0.6) is 0 Å². The number of anilines is 2. The highest BCUT2D eigenvalue weighted by molar-refractivity contribution is 6.33. The lowest BCUT2D eigenvalue weighted by molar-refractivity contribution is 0.0949. The third-order valence-electron chi connectivity index (χ3n) is 2.68. The summed E-state index contributed by atoms with van der Waals surface area (Å²) in [6.07, 6.45) is 2.52. The second-order valence-corrected chi connectivity index (χ2v) is 4.70. The van der Waals surface area contributed by atoms with Crippen molar-refractivity contribution in [3.63, 3.8) is 0 Å². The first-order valence-corrected chi connectivity index (χ1v) is 6.84. The summed E-state index contributed by atoms with van der Waals surface area (Å²) in [6, 6.07) is 10.9. The minimum absolute atomic E-state index is 0.156. The van der Waals surface area contributed by atoms with E-state index in [2.05, 4.69) is 15.6 Å². The Morgan fingerprint density at radius 2 is 2.05 bits per heavy atom. The molecule has 0 atom stereocenters. The molecule has 2 aromatic rings. The Morgan fingerprint density at radius 1 is 1.25 bits per heavy atom. The molecule has 5 heteroatoms. The lowest BCUT2D eigenvalue weighted by atomic mass is 10.3. The number of para-hydroxylation sites is 1. The first-order chi connectivity index (χ1) is 9.70. The van der Waals surface area contributed by atoms with Crippen LogP contribution in [-0.2, 0) is 0 Å². The van der Waals surface area contributed by atoms with Crippen LogP contribution in [0.4, 0.5) is 11.4 Å². The van der Waals surface area contributed by atoms with Gasteiger partial charge in [-0.15, -0.1) is 0 Å². The molecular weight excluding hydrogens is 274 g/mol. The number of hydrogen-bond donors (Lipinski definition) is 2. The SMILES string of the molecule is CCCNC(=O)c1ccc(Nc2ccccc2Cl)cn1. The van der Waals surface area contributed by atoms with E-state index in [9.17, 15) is 4.79 Å². The third-order valence-corrected chi connectivity index (χ3v) is 3.01. The second kappa shape index (κ2) is 6.91. The standard InChI is InChI=1S/C15H16ClN3O/c1-2-9-17-15(20)14-8-7-11(10-18-14)19-13-6-4-3-5-12(13)16/h3-8,10,19H,2,9H2,1H3,(H,17,20). The highest BCUT2D eigenvalue weighted by Crippen LogP contribution is 2.24. The van der Waals surface area contributed by atoms with E-state index >= 15 is 0 Å². The summed E-state index contributed by atoms with van der Waals surface area (Å²) in [5.41, 5.74) is 1.99. The number of benzene rings is 1. The van der Waals surface area contributed by atoms with Gasteiger partial charge in [0.05, 0.1) is 22.6 Å². The van der Waals surface area contributed by atoms with Gasteiger partial charge >= 0.3 is 0 Å². The molecule has 0 saturated carbocycles. The molecule has 1 amide bonds. The van der Waals surface area contributed by atoms with Gasteiger partial charge in [0.15, 0.2) is 0 Å². The number of aromatic nitrogens is 1. The van der Waals surface area contributed by atoms with Gasteiger partial charge < -0.3 is 10.6 Å². The van der Waals surface area contributed by atoms with E-state index in [1.807, 2.05) is 31.2 Å². The molecule has 104 valence electrons. The van der Waals surface area contributed by atoms with Crippen LogP contribution in [0, 0.1) is 0 Å². The maximum absolute atomic E-state index is 11.7. The zero-order chi connectivity index (χ0) is 14.4. The molecule has 2 rings (SSSR count). The minimum atomic E-state index is -0.156. The Kier molecular flexibility index (Phi) is 4.96. The monoisotopic (exact) mass is 289 g/mol. The number of halogens is 1. The smallest absolute Gasteiger partial charge is 0.269 e. The van der Waals surface area contributed by atoms with Gasteiger partial charge in [0.2, 0.25) is 0 Å². The summed E-state index contributed by atoms with van der Waals surface area (Å²) in [5, 5.41) is 6.58. The third kappa shape index (κ3) is 3.71. The van der Waals surface area contributed by atoms with Crippen molar-refractivity contribution in [1.82, 2.24) is 10.3 Å². The van der Waals surface area contributed by atoms with E-state index in [4.69, 9.17) is 11.6 Å². The van der Waals surface area contributed by atoms with E-state index in [1.165, 1.54) is 0 Å². The number of carbonyl (C=O) groups excluding carboxylic acids is 1. The largest absolute Gasteiger partial charge is 0.353 e. The normalized spacial score (nSPS) is 10.1. The number of pyridine rings is 1. The Morgan fingerprint density at radius 3 is 2.70 bits per heavy atom. The first kappa shape index (κ1) is 14.3. The van der Waals surface area contributed by atoms with Gasteiger partial charge in [-0.2, -0.15) is 0 Å². The lowest BCUT2D eigenvalue weighted by Crippen LogP contribution is -2.24. The van der Waals surface area contributed by atoms with Crippen molar-refractivity contribution in [3.05, 3.63) is 53.3 Å². The number of carbonyl (C=O) groups is 1. The van der Waals surface area contributed by atoms with Crippen LogP contribution < -0.4 is 10.6 Å². The van der Waals surface area contributed by atoms with Gasteiger partial charge in [0.25, 0.3) is 5.91 Å². The summed E-state index contributed by atoms with van der Waals surface area (Å²) in [7, 11) is 0. The van der Waals surface area contributed by atoms with Crippen LogP contribution in [0.3, 0.4) is 0 Å². The van der Waals surface area contributed by atoms with E-state index in [-0.39, 0.29) is 5.91 Å². The predicted octanol–water partition coefficient (Wildman–Crippen LogP) is 3.62. The fraction of sp³-hybridized carbons (Fsp3) is 0.200. The molecule has 0 aliphatic heterocycles. The summed E-state index contributed by atoms with van der Waals surface area (Å²) in [5.74, 6) is -0.156. The van der Waals surface area contributed by atoms with Gasteiger partial charge in [-0.25, -0.2) is 4.98 Å². The molecule has 0 radical (unpaired) electrons. The van der Waals surface area contributed by atoms with Crippen LogP contribution in [0.15, 0.2) is 42.6 Å². The molecule has 1 aromatic carbocycles. The number of rotatable bonds is 5. The van der Waals surface area contributed by atoms with Gasteiger partial charge in [-0.3, -0.25) is 4.79 Å². The van der Waals surface area contributed by atoms with Crippen molar-refractivity contribution in [2.75, 3.05) is 11.9 Å². The molecule has 0 bridgehead atoms. The molecule has 0 saturated heterocycles. The number of nitrogens with one attached hydrogen (secondary N) is 2. The maximum Gasteiger partial charge on any atom is 0.269 e. The summed E-state index contributed by atoms with van der Waals surface area (Å²) < 4.78 is 0. The molecular formula is C15H16ClN3O. The van der Waals surface area contributed by atoms with E-state index < -0.39 is 0 Å². The van der Waals surface area contributed by atoms with E-state index in [0.717, 1.165) is 17.8 Å². The van der Waals surface area contributed by atoms with Crippen molar-refractivity contribution in [3.8, 4) is 0 Å². The summed E-state index contributed by atoms with van der Waals surface area (Å²) in [4.78, 5) is 15.9. The zero-order valence-corrected chi connectivity index (χ0v) is 11.9. The van der Waals surface area contributed by atoms with Crippen molar-refractivity contribution in [2.24, 2.45) is 0 Å². The average Bonchev–Trinajstić information content (AvgIpc) is 2.48. The average molecular weight is 290 g/mol. The van der Waals surface area contributed by atoms with Gasteiger partial charge in [0, 0.05) is 6.54 Å². The van der Waals surface area contributed by atoms with Crippen molar-refractivity contribution < 1.29 is 4.79 Å². The Bertz CT molecular complexity index is 584. The van der Waals surface area contributed by atoms with Gasteiger partial charge in [0.1, 0.15) is 5.69 Å². The first-order valence-electron chi connectivity index (χ1n) is 6.46. The quantitative estimate of drug-likeness (QED) is 0.884. The molecule has 2 N–H and O–H groups in total. The van der Waals surface area contributed by atoms with Crippen LogP contribution >= 0.6 is 11.6 Å². The highest BCUT2D eigenvalue weighted by atomic mass is 35.5. The van der Waals surface area contributed by atoms with E-state index in [0.29, 0.717) is 17.3 Å². The second-order valence-electron chi connectivity index (χ2n) is 4.29. The zero-order valence-electron chi connectivity index (χ0n) is 11.2. The summed E-state index contributed by atoms with van der Waals surface area (Å²) >= 11 is 6.07. The molecule has 1 aromatic heterocycles. The topological polar surface area (TPSA) is 54.0 Å². The minimum Gasteiger partial charge on any atom is -0.353 e. The fourth-order valence-electron chi connectivity index (χ4n) is 1.65. The highest BCUT2D eigenvalue weighted by Gasteiger charge is 2.06. The van der Waals surface area contributed by atoms with Crippen molar-refractivity contribution >= 4 is 28.9 Å². The lowest BCUT2D eigenvalue weighted by Gasteiger charge is -2.08. The Hall–Kier alpha value is -2.07. The summed E-state index contributed by atoms with van der Waals surface area (Å²) in [6.45, 7) is 2.66. The fourth-order valence-corrected chi connectivity index (χ4v) is 1.83. The molecule has 0 unspecified atom stereocenters. The molecule has 20 heavy (non-hydrogen) atoms. The number of hydrogen-bond acceptors (Lipinski definition) is 3. The van der Waals surface area contributed by atoms with Crippen molar-refractivity contribution in [1.29, 1.82) is 0 Å². The van der Waals surface area contributed by atoms with Crippen LogP contribution in [0.2, 0.25) is 5.02 Å². The van der Waals surface area contributed by atoms with Crippen LogP contribution in [0.1, 0.15) is 23.8 Å². The molecule has 0 fully saturated rings. The Labute approximate surface area is 123 Å². The predicted molar refractivity (Wildman–Crippen MR) is 81.6 cm³/mol. The molecule has 0 spiro atoms. The Balaban J connectivity index is 2.05. The molecule has 4 nitrogen and oxygen atoms in total. The molecule has 1 heterocycles. The van der Waals surface area contributed by atoms with Gasteiger partial charge in [-0.05, 0) is 30.7 Å². The molecule has 0 aliphatic rings. The van der Waals surface area contributed by atoms with Crippen molar-refractivity contribution in [2.45, 2.75) is 13.3 Å². The van der Waals surface area contributed by atoms with Gasteiger partial charge in [-0.1, -0.05) is 30.7 Å². The van der Waals surface area contributed by atoms with E-state index in [1.54, 1.807) is 18.3 Å².